The first kappa shape index (κ1) is 6.14. The van der Waals surface area contributed by atoms with Crippen LogP contribution in [-0.2, 0) is 4.79 Å². The van der Waals surface area contributed by atoms with E-state index in [1.807, 2.05) is 0 Å². The van der Waals surface area contributed by atoms with Crippen LogP contribution >= 0.6 is 0 Å². The monoisotopic (exact) mass is 136 g/mol. The molecule has 0 aliphatic heterocycles. The highest BCUT2D eigenvalue weighted by molar-refractivity contribution is 5.88. The van der Waals surface area contributed by atoms with Gasteiger partial charge in [0.05, 0.1) is 0 Å². The van der Waals surface area contributed by atoms with Gasteiger partial charge in [-0.1, -0.05) is 12.2 Å². The summed E-state index contributed by atoms with van der Waals surface area (Å²) in [7, 11) is 0. The zero-order chi connectivity index (χ0) is 6.97. The van der Waals surface area contributed by atoms with Gasteiger partial charge in [-0.15, -0.1) is 0 Å². The Bertz CT molecular complexity index is 181. The van der Waals surface area contributed by atoms with Gasteiger partial charge < -0.3 is 0 Å². The molecule has 0 aromatic heterocycles. The summed E-state index contributed by atoms with van der Waals surface area (Å²) < 4.78 is 0. The molecular formula is C9H12O. The molecule has 2 atom stereocenters. The van der Waals surface area contributed by atoms with Gasteiger partial charge in [0.15, 0.2) is 0 Å². The van der Waals surface area contributed by atoms with Crippen LogP contribution in [0.5, 0.6) is 0 Å². The van der Waals surface area contributed by atoms with Gasteiger partial charge in [-0.25, -0.2) is 0 Å². The van der Waals surface area contributed by atoms with E-state index >= 15 is 0 Å². The molecule has 1 nitrogen and oxygen atoms in total. The fraction of sp³-hybridized carbons (Fsp3) is 0.667. The highest BCUT2D eigenvalue weighted by Gasteiger charge is 2.37. The molecule has 2 aliphatic rings. The molecule has 2 unspecified atom stereocenters. The quantitative estimate of drug-likeness (QED) is 0.465. The molecule has 0 bridgehead atoms. The third-order valence-corrected chi connectivity index (χ3v) is 2.64. The molecule has 0 aromatic carbocycles. The van der Waals surface area contributed by atoms with Crippen LogP contribution in [0.1, 0.15) is 25.7 Å². The zero-order valence-corrected chi connectivity index (χ0v) is 6.05. The Morgan fingerprint density at radius 3 is 3.20 bits per heavy atom. The van der Waals surface area contributed by atoms with E-state index in [4.69, 9.17) is 0 Å². The summed E-state index contributed by atoms with van der Waals surface area (Å²) in [6, 6.07) is 0. The molecule has 1 fully saturated rings. The Morgan fingerprint density at radius 1 is 1.50 bits per heavy atom. The number of carbonyl (C=O) groups excluding carboxylic acids is 1. The van der Waals surface area contributed by atoms with E-state index in [0.717, 1.165) is 12.8 Å². The van der Waals surface area contributed by atoms with E-state index in [-0.39, 0.29) is 0 Å². The Morgan fingerprint density at radius 2 is 2.40 bits per heavy atom. The second kappa shape index (κ2) is 2.22. The van der Waals surface area contributed by atoms with Crippen molar-refractivity contribution >= 4 is 5.78 Å². The second-order valence-corrected chi connectivity index (χ2v) is 3.30. The minimum atomic E-state index is 0.416. The van der Waals surface area contributed by atoms with Crippen LogP contribution in [-0.4, -0.2) is 5.78 Å². The molecule has 2 rings (SSSR count). The first-order valence-corrected chi connectivity index (χ1v) is 4.07. The lowest BCUT2D eigenvalue weighted by Gasteiger charge is -2.31. The number of carbonyl (C=O) groups is 1. The Kier molecular flexibility index (Phi) is 1.37. The standard InChI is InChI=1S/C9H12O/c10-9-6-7-4-2-1-3-5-8(7)9/h2,4,7-8H,1,3,5-6H2. The first-order chi connectivity index (χ1) is 4.88. The van der Waals surface area contributed by atoms with E-state index in [0.29, 0.717) is 17.6 Å². The number of rotatable bonds is 0. The first-order valence-electron chi connectivity index (χ1n) is 4.07. The van der Waals surface area contributed by atoms with Gasteiger partial charge in [-0.2, -0.15) is 0 Å². The zero-order valence-electron chi connectivity index (χ0n) is 6.05. The average Bonchev–Trinajstić information content (AvgIpc) is 2.09. The van der Waals surface area contributed by atoms with Gasteiger partial charge >= 0.3 is 0 Å². The predicted molar refractivity (Wildman–Crippen MR) is 39.6 cm³/mol. The molecule has 10 heavy (non-hydrogen) atoms. The molecule has 2 aliphatic carbocycles. The fourth-order valence-corrected chi connectivity index (χ4v) is 1.91. The van der Waals surface area contributed by atoms with Gasteiger partial charge in [0, 0.05) is 12.3 Å². The van der Waals surface area contributed by atoms with Gasteiger partial charge in [0.1, 0.15) is 5.78 Å². The molecule has 54 valence electrons. The SMILES string of the molecule is O=C1CC2C=CCCCC12. The number of fused-ring (bicyclic) bond motifs is 1. The molecule has 1 saturated carbocycles. The van der Waals surface area contributed by atoms with Crippen molar-refractivity contribution in [3.05, 3.63) is 12.2 Å². The molecule has 0 heterocycles. The molecule has 0 N–H and O–H groups in total. The van der Waals surface area contributed by atoms with Crippen LogP contribution in [0.3, 0.4) is 0 Å². The summed E-state index contributed by atoms with van der Waals surface area (Å²) >= 11 is 0. The van der Waals surface area contributed by atoms with Crippen LogP contribution in [0.2, 0.25) is 0 Å². The van der Waals surface area contributed by atoms with Crippen LogP contribution in [0.4, 0.5) is 0 Å². The van der Waals surface area contributed by atoms with Gasteiger partial charge in [-0.05, 0) is 25.2 Å². The van der Waals surface area contributed by atoms with Gasteiger partial charge in [-0.3, -0.25) is 4.79 Å². The fourth-order valence-electron chi connectivity index (χ4n) is 1.91. The predicted octanol–water partition coefficient (Wildman–Crippen LogP) is 1.93. The summed E-state index contributed by atoms with van der Waals surface area (Å²) in [6.07, 6.45) is 8.82. The maximum absolute atomic E-state index is 11.0. The second-order valence-electron chi connectivity index (χ2n) is 3.30. The largest absolute Gasteiger partial charge is 0.299 e. The van der Waals surface area contributed by atoms with Crippen molar-refractivity contribution in [2.75, 3.05) is 0 Å². The summed E-state index contributed by atoms with van der Waals surface area (Å²) in [5.41, 5.74) is 0. The highest BCUT2D eigenvalue weighted by Crippen LogP contribution is 2.37. The normalized spacial score (nSPS) is 38.2. The molecule has 0 aromatic rings. The van der Waals surface area contributed by atoms with E-state index < -0.39 is 0 Å². The minimum absolute atomic E-state index is 0.416. The topological polar surface area (TPSA) is 17.1 Å². The Balaban J connectivity index is 2.09. The van der Waals surface area contributed by atoms with Gasteiger partial charge in [0.2, 0.25) is 0 Å². The molecule has 0 radical (unpaired) electrons. The lowest BCUT2D eigenvalue weighted by atomic mass is 9.71. The minimum Gasteiger partial charge on any atom is -0.299 e. The van der Waals surface area contributed by atoms with Crippen LogP contribution in [0.15, 0.2) is 12.2 Å². The summed E-state index contributed by atoms with van der Waals surface area (Å²) in [5, 5.41) is 0. The molecule has 1 heteroatoms. The van der Waals surface area contributed by atoms with Crippen molar-refractivity contribution in [3.8, 4) is 0 Å². The number of allylic oxidation sites excluding steroid dienone is 2. The van der Waals surface area contributed by atoms with Crippen LogP contribution < -0.4 is 0 Å². The third-order valence-electron chi connectivity index (χ3n) is 2.64. The van der Waals surface area contributed by atoms with Crippen molar-refractivity contribution in [2.24, 2.45) is 11.8 Å². The summed E-state index contributed by atoms with van der Waals surface area (Å²) in [5.74, 6) is 1.53. The number of Topliss-reactive ketones (excluding diaryl/α,β-unsaturated/α-hetero) is 1. The maximum atomic E-state index is 11.0. The van der Waals surface area contributed by atoms with E-state index in [1.54, 1.807) is 0 Å². The number of hydrogen-bond acceptors (Lipinski definition) is 1. The van der Waals surface area contributed by atoms with Crippen LogP contribution in [0.25, 0.3) is 0 Å². The van der Waals surface area contributed by atoms with Crippen molar-refractivity contribution in [1.29, 1.82) is 0 Å². The van der Waals surface area contributed by atoms with E-state index in [1.165, 1.54) is 12.8 Å². The molecule has 0 amide bonds. The molecular weight excluding hydrogens is 124 g/mol. The van der Waals surface area contributed by atoms with E-state index in [9.17, 15) is 4.79 Å². The van der Waals surface area contributed by atoms with Gasteiger partial charge in [0.25, 0.3) is 0 Å². The molecule has 0 spiro atoms. The van der Waals surface area contributed by atoms with Crippen molar-refractivity contribution in [3.63, 3.8) is 0 Å². The summed E-state index contributed by atoms with van der Waals surface area (Å²) in [4.78, 5) is 11.0. The Labute approximate surface area is 61.1 Å². The number of ketones is 1. The lowest BCUT2D eigenvalue weighted by Crippen LogP contribution is -2.35. The molecule has 0 saturated heterocycles. The average molecular weight is 136 g/mol. The van der Waals surface area contributed by atoms with Crippen molar-refractivity contribution in [1.82, 2.24) is 0 Å². The Hall–Kier alpha value is -0.590. The summed E-state index contributed by atoms with van der Waals surface area (Å²) in [6.45, 7) is 0. The maximum Gasteiger partial charge on any atom is 0.137 e. The van der Waals surface area contributed by atoms with Crippen molar-refractivity contribution < 1.29 is 4.79 Å². The highest BCUT2D eigenvalue weighted by atomic mass is 16.1. The number of hydrogen-bond donors (Lipinski definition) is 0. The van der Waals surface area contributed by atoms with Crippen molar-refractivity contribution in [2.45, 2.75) is 25.7 Å². The smallest absolute Gasteiger partial charge is 0.137 e. The van der Waals surface area contributed by atoms with E-state index in [2.05, 4.69) is 12.2 Å². The lowest BCUT2D eigenvalue weighted by molar-refractivity contribution is -0.132. The van der Waals surface area contributed by atoms with Crippen LogP contribution in [0, 0.1) is 11.8 Å². The third kappa shape index (κ3) is 0.808.